The zero-order valence-corrected chi connectivity index (χ0v) is 18.7. The van der Waals surface area contributed by atoms with Crippen LogP contribution in [-0.4, -0.2) is 45.8 Å². The lowest BCUT2D eigenvalue weighted by Crippen LogP contribution is -2.46. The monoisotopic (exact) mass is 488 g/mol. The molecule has 2 heterocycles. The number of alkyl halides is 3. The van der Waals surface area contributed by atoms with E-state index in [9.17, 15) is 27.6 Å². The first kappa shape index (κ1) is 24.1. The maximum absolute atomic E-state index is 13.2. The molecule has 3 amide bonds. The molecule has 0 aliphatic carbocycles. The van der Waals surface area contributed by atoms with Gasteiger partial charge in [-0.2, -0.15) is 0 Å². The number of nitrogens with zero attached hydrogens (tertiary/aromatic N) is 2. The SMILES string of the molecule is C[C@H]1CC[C@@H](C(=O)Cc2cccc(OC(F)(F)F)c2)N1C(=O)Nc1cn(C(N)=O)c2ccccc12. The van der Waals surface area contributed by atoms with E-state index in [0.29, 0.717) is 35.0 Å². The van der Waals surface area contributed by atoms with Crippen molar-refractivity contribution in [1.29, 1.82) is 0 Å². The van der Waals surface area contributed by atoms with E-state index in [-0.39, 0.29) is 18.2 Å². The predicted octanol–water partition coefficient (Wildman–Crippen LogP) is 4.66. The minimum absolute atomic E-state index is 0.156. The Hall–Kier alpha value is -4.02. The van der Waals surface area contributed by atoms with Crippen LogP contribution in [-0.2, 0) is 11.2 Å². The van der Waals surface area contributed by atoms with E-state index in [1.54, 1.807) is 24.3 Å². The molecule has 2 atom stereocenters. The van der Waals surface area contributed by atoms with E-state index in [4.69, 9.17) is 5.73 Å². The molecule has 4 rings (SSSR count). The average molecular weight is 488 g/mol. The zero-order chi connectivity index (χ0) is 25.3. The lowest BCUT2D eigenvalue weighted by Gasteiger charge is -2.28. The first-order valence-corrected chi connectivity index (χ1v) is 10.9. The first-order chi connectivity index (χ1) is 16.5. The third kappa shape index (κ3) is 5.23. The van der Waals surface area contributed by atoms with Crippen LogP contribution in [0, 0.1) is 0 Å². The number of hydrogen-bond acceptors (Lipinski definition) is 4. The minimum atomic E-state index is -4.84. The van der Waals surface area contributed by atoms with Gasteiger partial charge in [0.15, 0.2) is 5.78 Å². The second-order valence-corrected chi connectivity index (χ2v) is 8.39. The highest BCUT2D eigenvalue weighted by Crippen LogP contribution is 2.30. The van der Waals surface area contributed by atoms with Gasteiger partial charge in [-0.1, -0.05) is 30.3 Å². The Morgan fingerprint density at radius 2 is 1.86 bits per heavy atom. The first-order valence-electron chi connectivity index (χ1n) is 10.9. The van der Waals surface area contributed by atoms with Gasteiger partial charge in [0, 0.05) is 24.0 Å². The fraction of sp³-hybridized carbons (Fsp3) is 0.292. The maximum atomic E-state index is 13.2. The van der Waals surface area contributed by atoms with Gasteiger partial charge < -0.3 is 20.7 Å². The van der Waals surface area contributed by atoms with Gasteiger partial charge in [0.2, 0.25) is 0 Å². The Labute approximate surface area is 198 Å². The van der Waals surface area contributed by atoms with Crippen molar-refractivity contribution in [2.45, 2.75) is 44.6 Å². The third-order valence-corrected chi connectivity index (χ3v) is 5.98. The summed E-state index contributed by atoms with van der Waals surface area (Å²) in [4.78, 5) is 39.5. The molecule has 8 nitrogen and oxygen atoms in total. The molecule has 184 valence electrons. The van der Waals surface area contributed by atoms with Crippen LogP contribution in [0.2, 0.25) is 0 Å². The van der Waals surface area contributed by atoms with Crippen LogP contribution in [0.4, 0.5) is 28.4 Å². The van der Waals surface area contributed by atoms with Gasteiger partial charge in [0.1, 0.15) is 5.75 Å². The number of rotatable bonds is 5. The number of carbonyl (C=O) groups is 3. The highest BCUT2D eigenvalue weighted by Gasteiger charge is 2.39. The second-order valence-electron chi connectivity index (χ2n) is 8.39. The van der Waals surface area contributed by atoms with Crippen molar-refractivity contribution in [3.05, 3.63) is 60.3 Å². The molecule has 0 unspecified atom stereocenters. The van der Waals surface area contributed by atoms with Crippen molar-refractivity contribution in [3.63, 3.8) is 0 Å². The summed E-state index contributed by atoms with van der Waals surface area (Å²) in [5, 5.41) is 3.38. The third-order valence-electron chi connectivity index (χ3n) is 5.98. The fourth-order valence-corrected chi connectivity index (χ4v) is 4.46. The quantitative estimate of drug-likeness (QED) is 0.545. The van der Waals surface area contributed by atoms with Crippen LogP contribution in [0.3, 0.4) is 0 Å². The van der Waals surface area contributed by atoms with E-state index in [1.807, 2.05) is 6.92 Å². The smallest absolute Gasteiger partial charge is 0.406 e. The van der Waals surface area contributed by atoms with Crippen LogP contribution in [0.5, 0.6) is 5.75 Å². The Bertz CT molecular complexity index is 1290. The summed E-state index contributed by atoms with van der Waals surface area (Å²) in [6, 6.07) is 9.92. The summed E-state index contributed by atoms with van der Waals surface area (Å²) in [6.07, 6.45) is -2.55. The number of Topliss-reactive ketones (excluding diaryl/α,β-unsaturated/α-hetero) is 1. The van der Waals surface area contributed by atoms with Crippen LogP contribution in [0.25, 0.3) is 10.9 Å². The number of benzene rings is 2. The number of fused-ring (bicyclic) bond motifs is 1. The number of halogens is 3. The van der Waals surface area contributed by atoms with Crippen molar-refractivity contribution in [2.24, 2.45) is 5.73 Å². The summed E-state index contributed by atoms with van der Waals surface area (Å²) in [5.41, 5.74) is 6.67. The van der Waals surface area contributed by atoms with Crippen LogP contribution >= 0.6 is 0 Å². The van der Waals surface area contributed by atoms with Gasteiger partial charge in [0.25, 0.3) is 0 Å². The van der Waals surface area contributed by atoms with Gasteiger partial charge in [-0.15, -0.1) is 13.2 Å². The number of anilines is 1. The van der Waals surface area contributed by atoms with Crippen molar-refractivity contribution in [1.82, 2.24) is 9.47 Å². The number of carbonyl (C=O) groups excluding carboxylic acids is 3. The number of hydrogen-bond donors (Lipinski definition) is 2. The van der Waals surface area contributed by atoms with E-state index in [0.717, 1.165) is 12.1 Å². The molecule has 2 aromatic carbocycles. The zero-order valence-electron chi connectivity index (χ0n) is 18.7. The molecular formula is C24H23F3N4O4. The summed E-state index contributed by atoms with van der Waals surface area (Å²) in [5.74, 6) is -0.712. The standard InChI is InChI=1S/C24H23F3N4O4/c1-14-9-10-20(21(32)12-15-5-4-6-16(11-15)35-24(25,26)27)31(14)23(34)29-18-13-30(22(28)33)19-8-3-2-7-17(18)19/h2-8,11,13-14,20H,9-10,12H2,1H3,(H2,28,33)(H,29,34)/t14-,20-/m0/s1. The lowest BCUT2D eigenvalue weighted by atomic mass is 10.0. The number of para-hydroxylation sites is 1. The van der Waals surface area contributed by atoms with Crippen molar-refractivity contribution >= 4 is 34.4 Å². The molecule has 1 aliphatic rings. The molecule has 3 aromatic rings. The van der Waals surface area contributed by atoms with Gasteiger partial charge in [-0.3, -0.25) is 9.36 Å². The van der Waals surface area contributed by atoms with Gasteiger partial charge in [-0.25, -0.2) is 9.59 Å². The molecule has 35 heavy (non-hydrogen) atoms. The molecule has 3 N–H and O–H groups in total. The van der Waals surface area contributed by atoms with E-state index in [1.165, 1.54) is 27.8 Å². The number of nitrogens with one attached hydrogen (secondary N) is 1. The number of aromatic nitrogens is 1. The van der Waals surface area contributed by atoms with E-state index in [2.05, 4.69) is 10.1 Å². The number of likely N-dealkylation sites (tertiary alicyclic amines) is 1. The number of nitrogens with two attached hydrogens (primary N) is 1. The summed E-state index contributed by atoms with van der Waals surface area (Å²) < 4.78 is 42.7. The molecule has 0 saturated carbocycles. The molecule has 0 bridgehead atoms. The average Bonchev–Trinajstić information content (AvgIpc) is 3.34. The molecule has 1 aromatic heterocycles. The molecular weight excluding hydrogens is 465 g/mol. The highest BCUT2D eigenvalue weighted by molar-refractivity contribution is 6.05. The van der Waals surface area contributed by atoms with Gasteiger partial charge >= 0.3 is 18.4 Å². The predicted molar refractivity (Wildman–Crippen MR) is 122 cm³/mol. The Balaban J connectivity index is 1.52. The molecule has 0 radical (unpaired) electrons. The van der Waals surface area contributed by atoms with Gasteiger partial charge in [-0.05, 0) is 43.5 Å². The Morgan fingerprint density at radius 3 is 2.57 bits per heavy atom. The van der Waals surface area contributed by atoms with Crippen molar-refractivity contribution in [2.75, 3.05) is 5.32 Å². The highest BCUT2D eigenvalue weighted by atomic mass is 19.4. The summed E-state index contributed by atoms with van der Waals surface area (Å²) in [7, 11) is 0. The number of ketones is 1. The van der Waals surface area contributed by atoms with Crippen LogP contribution < -0.4 is 15.8 Å². The molecule has 1 fully saturated rings. The van der Waals surface area contributed by atoms with E-state index < -0.39 is 30.2 Å². The molecule has 1 saturated heterocycles. The second kappa shape index (κ2) is 9.32. The van der Waals surface area contributed by atoms with Gasteiger partial charge in [0.05, 0.1) is 17.2 Å². The summed E-state index contributed by atoms with van der Waals surface area (Å²) >= 11 is 0. The normalized spacial score (nSPS) is 18.0. The fourth-order valence-electron chi connectivity index (χ4n) is 4.46. The van der Waals surface area contributed by atoms with Crippen molar-refractivity contribution in [3.8, 4) is 5.75 Å². The Morgan fingerprint density at radius 1 is 1.11 bits per heavy atom. The largest absolute Gasteiger partial charge is 0.573 e. The van der Waals surface area contributed by atoms with Crippen LogP contribution in [0.15, 0.2) is 54.7 Å². The van der Waals surface area contributed by atoms with Crippen LogP contribution in [0.1, 0.15) is 25.3 Å². The topological polar surface area (TPSA) is 107 Å². The molecule has 0 spiro atoms. The summed E-state index contributed by atoms with van der Waals surface area (Å²) in [6.45, 7) is 1.82. The lowest BCUT2D eigenvalue weighted by molar-refractivity contribution is -0.274. The minimum Gasteiger partial charge on any atom is -0.406 e. The molecule has 11 heteroatoms. The van der Waals surface area contributed by atoms with E-state index >= 15 is 0 Å². The Kier molecular flexibility index (Phi) is 6.42. The number of amides is 3. The number of primary amides is 1. The number of ether oxygens (including phenoxy) is 1. The molecule has 1 aliphatic heterocycles. The number of urea groups is 1. The van der Waals surface area contributed by atoms with Crippen molar-refractivity contribution < 1.29 is 32.3 Å². The maximum Gasteiger partial charge on any atom is 0.573 e.